The average molecular weight is 450 g/mol. The predicted molar refractivity (Wildman–Crippen MR) is 111 cm³/mol. The SMILES string of the molecule is CN=C(NCCN(C)CCCOC)NCc1ccccc1OC.I. The fourth-order valence-corrected chi connectivity index (χ4v) is 2.20. The maximum absolute atomic E-state index is 5.35. The number of para-hydroxylation sites is 1. The normalized spacial score (nSPS) is 11.1. The molecule has 0 saturated carbocycles. The van der Waals surface area contributed by atoms with Crippen molar-refractivity contribution in [3.63, 3.8) is 0 Å². The average Bonchev–Trinajstić information content (AvgIpc) is 2.58. The third-order valence-electron chi connectivity index (χ3n) is 3.54. The van der Waals surface area contributed by atoms with Gasteiger partial charge in [-0.1, -0.05) is 18.2 Å². The first-order valence-electron chi connectivity index (χ1n) is 7.95. The number of halogens is 1. The van der Waals surface area contributed by atoms with Crippen LogP contribution in [0.3, 0.4) is 0 Å². The lowest BCUT2D eigenvalue weighted by Gasteiger charge is -2.18. The molecule has 0 amide bonds. The molecule has 1 aromatic carbocycles. The number of methoxy groups -OCH3 is 2. The van der Waals surface area contributed by atoms with E-state index in [2.05, 4.69) is 27.6 Å². The third kappa shape index (κ3) is 9.29. The highest BCUT2D eigenvalue weighted by molar-refractivity contribution is 14.0. The molecule has 0 unspecified atom stereocenters. The van der Waals surface area contributed by atoms with Crippen molar-refractivity contribution in [2.75, 3.05) is 54.6 Å². The molecule has 0 spiro atoms. The van der Waals surface area contributed by atoms with Crippen molar-refractivity contribution in [1.82, 2.24) is 15.5 Å². The monoisotopic (exact) mass is 450 g/mol. The molecule has 0 radical (unpaired) electrons. The minimum absolute atomic E-state index is 0. The van der Waals surface area contributed by atoms with Crippen LogP contribution in [0.1, 0.15) is 12.0 Å². The molecule has 0 aliphatic rings. The van der Waals surface area contributed by atoms with E-state index in [1.54, 1.807) is 21.3 Å². The van der Waals surface area contributed by atoms with Crippen LogP contribution in [0.5, 0.6) is 5.75 Å². The molecule has 1 rings (SSSR count). The fraction of sp³-hybridized carbons (Fsp3) is 0.588. The molecule has 0 atom stereocenters. The van der Waals surface area contributed by atoms with Gasteiger partial charge in [0.15, 0.2) is 5.96 Å². The second kappa shape index (κ2) is 14.3. The number of likely N-dealkylation sites (N-methyl/N-ethyl adjacent to an activating group) is 1. The first-order valence-corrected chi connectivity index (χ1v) is 7.95. The second-order valence-electron chi connectivity index (χ2n) is 5.31. The summed E-state index contributed by atoms with van der Waals surface area (Å²) in [5.41, 5.74) is 1.11. The molecule has 0 aliphatic carbocycles. The van der Waals surface area contributed by atoms with Crippen molar-refractivity contribution >= 4 is 29.9 Å². The highest BCUT2D eigenvalue weighted by Crippen LogP contribution is 2.16. The first-order chi connectivity index (χ1) is 11.2. The van der Waals surface area contributed by atoms with Crippen molar-refractivity contribution in [2.45, 2.75) is 13.0 Å². The predicted octanol–water partition coefficient (Wildman–Crippen LogP) is 1.95. The number of benzene rings is 1. The van der Waals surface area contributed by atoms with Crippen LogP contribution in [0.15, 0.2) is 29.3 Å². The summed E-state index contributed by atoms with van der Waals surface area (Å²) in [6, 6.07) is 7.98. The summed E-state index contributed by atoms with van der Waals surface area (Å²) in [6.07, 6.45) is 1.05. The fourth-order valence-electron chi connectivity index (χ4n) is 2.20. The van der Waals surface area contributed by atoms with E-state index in [0.29, 0.717) is 6.54 Å². The molecule has 0 aromatic heterocycles. The minimum Gasteiger partial charge on any atom is -0.496 e. The number of aliphatic imine (C=N–C) groups is 1. The molecule has 138 valence electrons. The van der Waals surface area contributed by atoms with Gasteiger partial charge in [0.25, 0.3) is 0 Å². The van der Waals surface area contributed by atoms with Gasteiger partial charge in [0.1, 0.15) is 5.75 Å². The number of rotatable bonds is 10. The summed E-state index contributed by atoms with van der Waals surface area (Å²) >= 11 is 0. The van der Waals surface area contributed by atoms with Gasteiger partial charge in [-0.3, -0.25) is 4.99 Å². The Morgan fingerprint density at radius 2 is 1.92 bits per heavy atom. The quantitative estimate of drug-likeness (QED) is 0.247. The van der Waals surface area contributed by atoms with Crippen molar-refractivity contribution in [2.24, 2.45) is 4.99 Å². The zero-order valence-electron chi connectivity index (χ0n) is 15.2. The van der Waals surface area contributed by atoms with Gasteiger partial charge in [0.2, 0.25) is 0 Å². The summed E-state index contributed by atoms with van der Waals surface area (Å²) < 4.78 is 10.4. The number of hydrogen-bond donors (Lipinski definition) is 2. The Hall–Kier alpha value is -1.06. The molecule has 1 aromatic rings. The summed E-state index contributed by atoms with van der Waals surface area (Å²) in [4.78, 5) is 6.52. The van der Waals surface area contributed by atoms with E-state index in [-0.39, 0.29) is 24.0 Å². The van der Waals surface area contributed by atoms with E-state index >= 15 is 0 Å². The Kier molecular flexibility index (Phi) is 13.7. The molecule has 0 fully saturated rings. The molecule has 0 aliphatic heterocycles. The summed E-state index contributed by atoms with van der Waals surface area (Å²) in [6.45, 7) is 4.31. The summed E-state index contributed by atoms with van der Waals surface area (Å²) in [5.74, 6) is 1.68. The Morgan fingerprint density at radius 1 is 1.17 bits per heavy atom. The van der Waals surface area contributed by atoms with Crippen molar-refractivity contribution < 1.29 is 9.47 Å². The smallest absolute Gasteiger partial charge is 0.191 e. The number of hydrogen-bond acceptors (Lipinski definition) is 4. The number of ether oxygens (including phenoxy) is 2. The molecule has 0 saturated heterocycles. The van der Waals surface area contributed by atoms with E-state index < -0.39 is 0 Å². The lowest BCUT2D eigenvalue weighted by Crippen LogP contribution is -2.40. The van der Waals surface area contributed by atoms with Crippen LogP contribution < -0.4 is 15.4 Å². The van der Waals surface area contributed by atoms with Crippen molar-refractivity contribution in [1.29, 1.82) is 0 Å². The van der Waals surface area contributed by atoms with E-state index in [9.17, 15) is 0 Å². The van der Waals surface area contributed by atoms with Crippen LogP contribution in [-0.4, -0.2) is 65.4 Å². The van der Waals surface area contributed by atoms with Crippen molar-refractivity contribution in [3.8, 4) is 5.75 Å². The van der Waals surface area contributed by atoms with Crippen LogP contribution in [0.25, 0.3) is 0 Å². The van der Waals surface area contributed by atoms with Gasteiger partial charge in [0, 0.05) is 52.5 Å². The Balaban J connectivity index is 0.00000529. The standard InChI is InChI=1S/C17H30N4O2.HI/c1-18-17(19-10-12-21(2)11-7-13-22-3)20-14-15-8-5-6-9-16(15)23-4;/h5-6,8-9H,7,10-14H2,1-4H3,(H2,18,19,20);1H. The van der Waals surface area contributed by atoms with Crippen molar-refractivity contribution in [3.05, 3.63) is 29.8 Å². The van der Waals surface area contributed by atoms with Crippen LogP contribution in [0.2, 0.25) is 0 Å². The number of nitrogens with one attached hydrogen (secondary N) is 2. The number of guanidine groups is 1. The minimum atomic E-state index is 0. The van der Waals surface area contributed by atoms with Gasteiger partial charge in [-0.05, 0) is 19.5 Å². The summed E-state index contributed by atoms with van der Waals surface area (Å²) in [5, 5.41) is 6.63. The molecule has 7 heteroatoms. The molecule has 6 nitrogen and oxygen atoms in total. The highest BCUT2D eigenvalue weighted by atomic mass is 127. The van der Waals surface area contributed by atoms with Gasteiger partial charge >= 0.3 is 0 Å². The van der Waals surface area contributed by atoms with Gasteiger partial charge < -0.3 is 25.0 Å². The summed E-state index contributed by atoms with van der Waals surface area (Å²) in [7, 11) is 7.31. The largest absolute Gasteiger partial charge is 0.496 e. The van der Waals surface area contributed by atoms with E-state index in [4.69, 9.17) is 9.47 Å². The molecule has 0 bridgehead atoms. The van der Waals surface area contributed by atoms with Gasteiger partial charge in [-0.25, -0.2) is 0 Å². The zero-order chi connectivity index (χ0) is 16.9. The molecule has 2 N–H and O–H groups in total. The second-order valence-corrected chi connectivity index (χ2v) is 5.31. The highest BCUT2D eigenvalue weighted by Gasteiger charge is 2.04. The van der Waals surface area contributed by atoms with Crippen LogP contribution in [0.4, 0.5) is 0 Å². The van der Waals surface area contributed by atoms with Crippen LogP contribution >= 0.6 is 24.0 Å². The molecule has 24 heavy (non-hydrogen) atoms. The Bertz CT molecular complexity index is 472. The molecule has 0 heterocycles. The maximum atomic E-state index is 5.35. The Labute approximate surface area is 163 Å². The van der Waals surface area contributed by atoms with Gasteiger partial charge in [0.05, 0.1) is 7.11 Å². The first kappa shape index (κ1) is 22.9. The van der Waals surface area contributed by atoms with Crippen LogP contribution in [0, 0.1) is 0 Å². The maximum Gasteiger partial charge on any atom is 0.191 e. The van der Waals surface area contributed by atoms with Crippen LogP contribution in [-0.2, 0) is 11.3 Å². The lowest BCUT2D eigenvalue weighted by atomic mass is 10.2. The topological polar surface area (TPSA) is 58.1 Å². The number of nitrogens with zero attached hydrogens (tertiary/aromatic N) is 2. The lowest BCUT2D eigenvalue weighted by molar-refractivity contribution is 0.180. The third-order valence-corrected chi connectivity index (χ3v) is 3.54. The molecular formula is C17H31IN4O2. The Morgan fingerprint density at radius 3 is 2.58 bits per heavy atom. The van der Waals surface area contributed by atoms with Gasteiger partial charge in [-0.2, -0.15) is 0 Å². The van der Waals surface area contributed by atoms with E-state index in [1.807, 2.05) is 24.3 Å². The van der Waals surface area contributed by atoms with E-state index in [1.165, 1.54) is 0 Å². The van der Waals surface area contributed by atoms with Gasteiger partial charge in [-0.15, -0.1) is 24.0 Å². The van der Waals surface area contributed by atoms with E-state index in [0.717, 1.165) is 49.9 Å². The zero-order valence-corrected chi connectivity index (χ0v) is 17.5. The molecular weight excluding hydrogens is 419 g/mol.